The van der Waals surface area contributed by atoms with E-state index in [1.807, 2.05) is 140 Å². The molecule has 0 bridgehead atoms. The average molecular weight is 998 g/mol. The van der Waals surface area contributed by atoms with Crippen molar-refractivity contribution < 1.29 is 39.5 Å². The quantitative estimate of drug-likeness (QED) is 0.0895. The molecule has 8 aromatic rings. The van der Waals surface area contributed by atoms with E-state index in [-0.39, 0.29) is 12.8 Å². The molecule has 0 amide bonds. The molecule has 0 aliphatic rings. The highest BCUT2D eigenvalue weighted by Crippen LogP contribution is 2.42. The zero-order valence-electron chi connectivity index (χ0n) is 36.0. The lowest BCUT2D eigenvalue weighted by molar-refractivity contribution is -0.138. The van der Waals surface area contributed by atoms with E-state index in [2.05, 4.69) is 22.0 Å². The Morgan fingerprint density at radius 1 is 0.343 bits per heavy atom. The fourth-order valence-corrected chi connectivity index (χ4v) is 11.0. The number of rotatable bonds is 11. The SMILES string of the molecule is Cc1ccc(P(c2ccc(C(F)(F)F)cc2Cc2ccccc2)c2ccc(C(F)(F)F)cc2Cc2ccccc2)c(Cc2ccccc2)c1.FC(F)(F)c1ccc(Br)c(Cc2ccccc2)c1. The third-order valence-corrected chi connectivity index (χ3v) is 14.6. The van der Waals surface area contributed by atoms with Crippen molar-refractivity contribution in [2.45, 2.75) is 51.1 Å². The van der Waals surface area contributed by atoms with Crippen LogP contribution in [-0.2, 0) is 44.2 Å². The van der Waals surface area contributed by atoms with Gasteiger partial charge in [0.25, 0.3) is 0 Å². The van der Waals surface area contributed by atoms with Gasteiger partial charge in [-0.3, -0.25) is 0 Å². The Morgan fingerprint density at radius 3 is 0.970 bits per heavy atom. The first kappa shape index (κ1) is 49.0. The zero-order chi connectivity index (χ0) is 47.8. The van der Waals surface area contributed by atoms with Crippen LogP contribution in [0, 0.1) is 6.92 Å². The average Bonchev–Trinajstić information content (AvgIpc) is 3.29. The van der Waals surface area contributed by atoms with Crippen molar-refractivity contribution in [3.8, 4) is 0 Å². The van der Waals surface area contributed by atoms with Gasteiger partial charge >= 0.3 is 18.5 Å². The third-order valence-electron chi connectivity index (χ3n) is 11.1. The summed E-state index contributed by atoms with van der Waals surface area (Å²) in [4.78, 5) is 0. The largest absolute Gasteiger partial charge is 0.416 e. The van der Waals surface area contributed by atoms with Gasteiger partial charge < -0.3 is 0 Å². The summed E-state index contributed by atoms with van der Waals surface area (Å²) in [5.41, 5.74) is 5.18. The Balaban J connectivity index is 0.000000309. The van der Waals surface area contributed by atoms with Gasteiger partial charge in [-0.15, -0.1) is 0 Å². The minimum absolute atomic E-state index is 0.230. The van der Waals surface area contributed by atoms with Crippen molar-refractivity contribution in [2.75, 3.05) is 0 Å². The smallest absolute Gasteiger partial charge is 0.166 e. The summed E-state index contributed by atoms with van der Waals surface area (Å²) in [6.07, 6.45) is -11.9. The molecule has 0 N–H and O–H groups in total. The summed E-state index contributed by atoms with van der Waals surface area (Å²) in [5, 5.41) is 2.26. The van der Waals surface area contributed by atoms with E-state index in [0.29, 0.717) is 44.6 Å². The van der Waals surface area contributed by atoms with Gasteiger partial charge in [-0.05, 0) is 143 Å². The third kappa shape index (κ3) is 13.1. The molecule has 342 valence electrons. The van der Waals surface area contributed by atoms with E-state index in [0.717, 1.165) is 56.9 Å². The summed E-state index contributed by atoms with van der Waals surface area (Å²) < 4.78 is 124. The highest BCUT2D eigenvalue weighted by molar-refractivity contribution is 9.10. The molecule has 0 saturated carbocycles. The Labute approximate surface area is 394 Å². The first-order valence-corrected chi connectivity index (χ1v) is 23.4. The second-order valence-corrected chi connectivity index (χ2v) is 19.1. The lowest BCUT2D eigenvalue weighted by Gasteiger charge is -2.28. The number of benzene rings is 8. The molecule has 0 radical (unpaired) electrons. The lowest BCUT2D eigenvalue weighted by atomic mass is 10.0. The van der Waals surface area contributed by atoms with Gasteiger partial charge in [0.15, 0.2) is 0 Å². The summed E-state index contributed by atoms with van der Waals surface area (Å²) in [7, 11) is -1.64. The van der Waals surface area contributed by atoms with Gasteiger partial charge in [-0.2, -0.15) is 39.5 Å². The van der Waals surface area contributed by atoms with Crippen molar-refractivity contribution in [3.05, 3.63) is 265 Å². The summed E-state index contributed by atoms with van der Waals surface area (Å²) in [5.74, 6) is 0. The fraction of sp³-hybridized carbons (Fsp3) is 0.143. The minimum Gasteiger partial charge on any atom is -0.166 e. The highest BCUT2D eigenvalue weighted by atomic mass is 79.9. The predicted octanol–water partition coefficient (Wildman–Crippen LogP) is 15.6. The standard InChI is InChI=1S/C42H33F6P.C14H10BrF3/c1-29-17-20-38(33(23-29)24-30-11-5-2-6-12-30)49(39-21-18-36(41(43,44)45)27-34(39)25-31-13-7-3-8-14-31)40-22-19-37(42(46,47)48)28-35(40)26-32-15-9-4-10-16-32;15-13-7-6-12(14(16,17)18)9-11(13)8-10-4-2-1-3-5-10/h2-23,27-28H,24-26H2,1H3;1-7,9H,8H2. The van der Waals surface area contributed by atoms with Gasteiger partial charge in [0.2, 0.25) is 0 Å². The van der Waals surface area contributed by atoms with Gasteiger partial charge in [0.05, 0.1) is 16.7 Å². The number of halogens is 10. The van der Waals surface area contributed by atoms with Crippen LogP contribution in [0.15, 0.2) is 199 Å². The van der Waals surface area contributed by atoms with Crippen molar-refractivity contribution in [1.29, 1.82) is 0 Å². The van der Waals surface area contributed by atoms with Crippen LogP contribution in [0.2, 0.25) is 0 Å². The first-order valence-electron chi connectivity index (χ1n) is 21.2. The maximum Gasteiger partial charge on any atom is 0.416 e. The lowest BCUT2D eigenvalue weighted by Crippen LogP contribution is -2.29. The molecule has 0 saturated heterocycles. The molecule has 0 fully saturated rings. The minimum atomic E-state index is -4.57. The van der Waals surface area contributed by atoms with E-state index in [4.69, 9.17) is 0 Å². The summed E-state index contributed by atoms with van der Waals surface area (Å²) in [6.45, 7) is 1.98. The molecule has 0 spiro atoms. The molecule has 0 atom stereocenters. The van der Waals surface area contributed by atoms with E-state index in [1.165, 1.54) is 24.3 Å². The van der Waals surface area contributed by atoms with Crippen LogP contribution in [0.25, 0.3) is 0 Å². The van der Waals surface area contributed by atoms with E-state index >= 15 is 0 Å². The van der Waals surface area contributed by atoms with Gasteiger partial charge in [-0.25, -0.2) is 0 Å². The van der Waals surface area contributed by atoms with Crippen LogP contribution in [0.4, 0.5) is 39.5 Å². The number of hydrogen-bond donors (Lipinski definition) is 0. The fourth-order valence-electron chi connectivity index (χ4n) is 7.86. The molecule has 0 aromatic heterocycles. The van der Waals surface area contributed by atoms with Crippen molar-refractivity contribution in [2.24, 2.45) is 0 Å². The Morgan fingerprint density at radius 2 is 0.627 bits per heavy atom. The van der Waals surface area contributed by atoms with Crippen molar-refractivity contribution in [3.63, 3.8) is 0 Å². The number of alkyl halides is 9. The molecule has 0 unspecified atom stereocenters. The molecule has 67 heavy (non-hydrogen) atoms. The van der Waals surface area contributed by atoms with Gasteiger partial charge in [0, 0.05) is 4.47 Å². The molecule has 0 aliphatic heterocycles. The van der Waals surface area contributed by atoms with Crippen LogP contribution < -0.4 is 15.9 Å². The number of aryl methyl sites for hydroxylation is 1. The Bertz CT molecular complexity index is 2770. The Hall–Kier alpha value is -5.96. The summed E-state index contributed by atoms with van der Waals surface area (Å²) >= 11 is 3.29. The van der Waals surface area contributed by atoms with Crippen LogP contribution in [0.3, 0.4) is 0 Å². The van der Waals surface area contributed by atoms with Crippen LogP contribution in [0.5, 0.6) is 0 Å². The topological polar surface area (TPSA) is 0 Å². The maximum absolute atomic E-state index is 14.2. The van der Waals surface area contributed by atoms with Crippen LogP contribution in [-0.4, -0.2) is 0 Å². The van der Waals surface area contributed by atoms with E-state index in [1.54, 1.807) is 12.1 Å². The molecule has 0 heterocycles. The molecule has 0 aliphatic carbocycles. The molecule has 8 aromatic carbocycles. The second kappa shape index (κ2) is 21.3. The molecule has 0 nitrogen and oxygen atoms in total. The number of hydrogen-bond acceptors (Lipinski definition) is 0. The monoisotopic (exact) mass is 996 g/mol. The molecular formula is C56H43BrF9P. The van der Waals surface area contributed by atoms with Crippen molar-refractivity contribution >= 4 is 39.8 Å². The van der Waals surface area contributed by atoms with Crippen LogP contribution >= 0.6 is 23.9 Å². The maximum atomic E-state index is 14.2. The first-order chi connectivity index (χ1) is 31.9. The Kier molecular flexibility index (Phi) is 15.6. The van der Waals surface area contributed by atoms with Gasteiger partial charge in [0.1, 0.15) is 0 Å². The normalized spacial score (nSPS) is 11.9. The second-order valence-electron chi connectivity index (χ2n) is 16.1. The van der Waals surface area contributed by atoms with Gasteiger partial charge in [-0.1, -0.05) is 173 Å². The predicted molar refractivity (Wildman–Crippen MR) is 256 cm³/mol. The zero-order valence-corrected chi connectivity index (χ0v) is 38.5. The summed E-state index contributed by atoms with van der Waals surface area (Å²) in [6, 6.07) is 55.4. The van der Waals surface area contributed by atoms with E-state index < -0.39 is 43.1 Å². The molecule has 11 heteroatoms. The van der Waals surface area contributed by atoms with Crippen molar-refractivity contribution in [1.82, 2.24) is 0 Å². The van der Waals surface area contributed by atoms with Crippen LogP contribution in [0.1, 0.15) is 66.8 Å². The highest BCUT2D eigenvalue weighted by Gasteiger charge is 2.35. The molecular weight excluding hydrogens is 954 g/mol. The van der Waals surface area contributed by atoms with E-state index in [9.17, 15) is 39.5 Å². The molecule has 8 rings (SSSR count).